The van der Waals surface area contributed by atoms with Crippen LogP contribution in [0.4, 0.5) is 18.9 Å². The van der Waals surface area contributed by atoms with Gasteiger partial charge in [-0.05, 0) is 12.1 Å². The standard InChI is InChI=1S/C11H11F3N2OS/c1-16(9(17)6-11(12,13)14)8-4-2-3-7(5-8)10(15)18/h2-5H,6H2,1H3,(H2,15,18). The molecule has 0 heterocycles. The zero-order valence-electron chi connectivity index (χ0n) is 9.49. The van der Waals surface area contributed by atoms with Gasteiger partial charge in [-0.15, -0.1) is 0 Å². The Morgan fingerprint density at radius 1 is 1.44 bits per heavy atom. The number of amides is 1. The lowest BCUT2D eigenvalue weighted by atomic mass is 10.2. The van der Waals surface area contributed by atoms with Gasteiger partial charge in [-0.3, -0.25) is 4.79 Å². The average Bonchev–Trinajstić information content (AvgIpc) is 2.26. The van der Waals surface area contributed by atoms with E-state index in [1.54, 1.807) is 12.1 Å². The minimum Gasteiger partial charge on any atom is -0.389 e. The molecule has 3 nitrogen and oxygen atoms in total. The summed E-state index contributed by atoms with van der Waals surface area (Å²) in [7, 11) is 1.27. The predicted octanol–water partition coefficient (Wildman–Crippen LogP) is 2.24. The lowest BCUT2D eigenvalue weighted by Crippen LogP contribution is -2.30. The molecule has 0 spiro atoms. The first-order chi connectivity index (χ1) is 8.20. The van der Waals surface area contributed by atoms with E-state index in [1.165, 1.54) is 19.2 Å². The third-order valence-corrected chi connectivity index (χ3v) is 2.48. The number of benzene rings is 1. The van der Waals surface area contributed by atoms with Crippen molar-refractivity contribution in [3.05, 3.63) is 29.8 Å². The van der Waals surface area contributed by atoms with Crippen molar-refractivity contribution in [2.24, 2.45) is 5.73 Å². The lowest BCUT2D eigenvalue weighted by molar-refractivity contribution is -0.151. The topological polar surface area (TPSA) is 46.3 Å². The number of hydrogen-bond acceptors (Lipinski definition) is 2. The van der Waals surface area contributed by atoms with Gasteiger partial charge in [0.1, 0.15) is 11.4 Å². The van der Waals surface area contributed by atoms with Crippen molar-refractivity contribution in [1.82, 2.24) is 0 Å². The van der Waals surface area contributed by atoms with Crippen molar-refractivity contribution in [2.45, 2.75) is 12.6 Å². The Labute approximate surface area is 107 Å². The van der Waals surface area contributed by atoms with Crippen molar-refractivity contribution >= 4 is 28.8 Å². The normalized spacial score (nSPS) is 11.1. The van der Waals surface area contributed by atoms with E-state index in [9.17, 15) is 18.0 Å². The van der Waals surface area contributed by atoms with Gasteiger partial charge in [-0.2, -0.15) is 13.2 Å². The number of hydrogen-bond donors (Lipinski definition) is 1. The molecule has 2 N–H and O–H groups in total. The van der Waals surface area contributed by atoms with Gasteiger partial charge in [0.2, 0.25) is 5.91 Å². The molecular weight excluding hydrogens is 265 g/mol. The van der Waals surface area contributed by atoms with Crippen LogP contribution < -0.4 is 10.6 Å². The van der Waals surface area contributed by atoms with Crippen LogP contribution in [-0.4, -0.2) is 24.1 Å². The fourth-order valence-electron chi connectivity index (χ4n) is 1.30. The minimum absolute atomic E-state index is 0.119. The molecule has 0 bridgehead atoms. The molecule has 0 aliphatic heterocycles. The van der Waals surface area contributed by atoms with Gasteiger partial charge in [0, 0.05) is 18.3 Å². The van der Waals surface area contributed by atoms with Gasteiger partial charge >= 0.3 is 6.18 Å². The summed E-state index contributed by atoms with van der Waals surface area (Å²) in [6, 6.07) is 6.17. The molecule has 0 aliphatic rings. The first-order valence-corrected chi connectivity index (χ1v) is 5.35. The van der Waals surface area contributed by atoms with Crippen molar-refractivity contribution in [2.75, 3.05) is 11.9 Å². The summed E-state index contributed by atoms with van der Waals surface area (Å²) in [5.74, 6) is -1.04. The number of nitrogens with zero attached hydrogens (tertiary/aromatic N) is 1. The highest BCUT2D eigenvalue weighted by Crippen LogP contribution is 2.23. The van der Waals surface area contributed by atoms with Crippen molar-refractivity contribution in [3.63, 3.8) is 0 Å². The number of carbonyl (C=O) groups excluding carboxylic acids is 1. The quantitative estimate of drug-likeness (QED) is 0.861. The second-order valence-electron chi connectivity index (χ2n) is 3.66. The summed E-state index contributed by atoms with van der Waals surface area (Å²) < 4.78 is 36.3. The molecule has 0 saturated heterocycles. The Morgan fingerprint density at radius 3 is 2.56 bits per heavy atom. The number of halogens is 3. The number of rotatable bonds is 3. The van der Waals surface area contributed by atoms with Crippen molar-refractivity contribution < 1.29 is 18.0 Å². The first kappa shape index (κ1) is 14.4. The molecule has 98 valence electrons. The van der Waals surface area contributed by atoms with Crippen LogP contribution in [0.1, 0.15) is 12.0 Å². The molecule has 0 aromatic heterocycles. The van der Waals surface area contributed by atoms with Crippen LogP contribution in [0.25, 0.3) is 0 Å². The summed E-state index contributed by atoms with van der Waals surface area (Å²) in [6.07, 6.45) is -6.02. The molecular formula is C11H11F3N2OS. The number of thiocarbonyl (C=S) groups is 1. The van der Waals surface area contributed by atoms with E-state index in [-0.39, 0.29) is 4.99 Å². The van der Waals surface area contributed by atoms with E-state index in [0.29, 0.717) is 11.3 Å². The average molecular weight is 276 g/mol. The van der Waals surface area contributed by atoms with Gasteiger partial charge in [-0.1, -0.05) is 24.4 Å². The van der Waals surface area contributed by atoms with Crippen LogP contribution in [0.5, 0.6) is 0 Å². The summed E-state index contributed by atoms with van der Waals surface area (Å²) in [6.45, 7) is 0. The molecule has 1 amide bonds. The molecule has 7 heteroatoms. The lowest BCUT2D eigenvalue weighted by Gasteiger charge is -2.18. The number of alkyl halides is 3. The molecule has 1 aromatic rings. The number of nitrogens with two attached hydrogens (primary N) is 1. The largest absolute Gasteiger partial charge is 0.397 e. The predicted molar refractivity (Wildman–Crippen MR) is 66.4 cm³/mol. The van der Waals surface area contributed by atoms with E-state index < -0.39 is 18.5 Å². The maximum atomic E-state index is 12.1. The maximum absolute atomic E-state index is 12.1. The number of carbonyl (C=O) groups is 1. The monoisotopic (exact) mass is 276 g/mol. The van der Waals surface area contributed by atoms with E-state index in [2.05, 4.69) is 0 Å². The molecule has 1 rings (SSSR count). The summed E-state index contributed by atoms with van der Waals surface area (Å²) >= 11 is 4.76. The minimum atomic E-state index is -4.52. The maximum Gasteiger partial charge on any atom is 0.397 e. The van der Waals surface area contributed by atoms with Crippen LogP contribution in [0, 0.1) is 0 Å². The molecule has 0 saturated carbocycles. The summed E-state index contributed by atoms with van der Waals surface area (Å²) in [4.78, 5) is 12.4. The molecule has 0 aliphatic carbocycles. The van der Waals surface area contributed by atoms with Crippen LogP contribution in [0.3, 0.4) is 0 Å². The molecule has 0 fully saturated rings. The molecule has 1 aromatic carbocycles. The Kier molecular flexibility index (Phi) is 4.28. The number of anilines is 1. The van der Waals surface area contributed by atoms with Crippen LogP contribution in [-0.2, 0) is 4.79 Å². The van der Waals surface area contributed by atoms with Gasteiger partial charge < -0.3 is 10.6 Å². The smallest absolute Gasteiger partial charge is 0.389 e. The highest BCUT2D eigenvalue weighted by molar-refractivity contribution is 7.80. The Morgan fingerprint density at radius 2 is 2.06 bits per heavy atom. The second-order valence-corrected chi connectivity index (χ2v) is 4.10. The Balaban J connectivity index is 2.90. The van der Waals surface area contributed by atoms with Gasteiger partial charge in [-0.25, -0.2) is 0 Å². The summed E-state index contributed by atoms with van der Waals surface area (Å²) in [5, 5.41) is 0. The van der Waals surface area contributed by atoms with Crippen molar-refractivity contribution in [3.8, 4) is 0 Å². The molecule has 0 atom stereocenters. The van der Waals surface area contributed by atoms with Crippen LogP contribution in [0.2, 0.25) is 0 Å². The third-order valence-electron chi connectivity index (χ3n) is 2.24. The third kappa shape index (κ3) is 3.99. The fraction of sp³-hybridized carbons (Fsp3) is 0.273. The highest BCUT2D eigenvalue weighted by Gasteiger charge is 2.32. The van der Waals surface area contributed by atoms with E-state index in [4.69, 9.17) is 18.0 Å². The van der Waals surface area contributed by atoms with E-state index in [0.717, 1.165) is 4.90 Å². The van der Waals surface area contributed by atoms with E-state index in [1.807, 2.05) is 0 Å². The van der Waals surface area contributed by atoms with Gasteiger partial charge in [0.05, 0.1) is 0 Å². The van der Waals surface area contributed by atoms with Crippen LogP contribution >= 0.6 is 12.2 Å². The fourth-order valence-corrected chi connectivity index (χ4v) is 1.43. The summed E-state index contributed by atoms with van der Waals surface area (Å²) in [5.41, 5.74) is 6.22. The highest BCUT2D eigenvalue weighted by atomic mass is 32.1. The molecule has 0 radical (unpaired) electrons. The second kappa shape index (κ2) is 5.34. The van der Waals surface area contributed by atoms with E-state index >= 15 is 0 Å². The Hall–Kier alpha value is -1.63. The van der Waals surface area contributed by atoms with Gasteiger partial charge in [0.25, 0.3) is 0 Å². The zero-order chi connectivity index (χ0) is 13.9. The zero-order valence-corrected chi connectivity index (χ0v) is 10.3. The van der Waals surface area contributed by atoms with Crippen LogP contribution in [0.15, 0.2) is 24.3 Å². The van der Waals surface area contributed by atoms with Crippen molar-refractivity contribution in [1.29, 1.82) is 0 Å². The molecule has 18 heavy (non-hydrogen) atoms. The molecule has 0 unspecified atom stereocenters. The Bertz CT molecular complexity index is 474. The van der Waals surface area contributed by atoms with Gasteiger partial charge in [0.15, 0.2) is 0 Å². The first-order valence-electron chi connectivity index (χ1n) is 4.94. The SMILES string of the molecule is CN(C(=O)CC(F)(F)F)c1cccc(C(N)=S)c1.